The molecule has 1 rings (SSSR count). The van der Waals surface area contributed by atoms with Gasteiger partial charge in [-0.1, -0.05) is 39.0 Å². The van der Waals surface area contributed by atoms with Gasteiger partial charge in [-0.15, -0.1) is 0 Å². The highest BCUT2D eigenvalue weighted by Crippen LogP contribution is 2.29. The molecule has 3 heteroatoms. The lowest BCUT2D eigenvalue weighted by molar-refractivity contribution is -0.151. The van der Waals surface area contributed by atoms with Gasteiger partial charge in [0.2, 0.25) is 0 Å². The van der Waals surface area contributed by atoms with E-state index in [-0.39, 0.29) is 11.1 Å². The van der Waals surface area contributed by atoms with Crippen LogP contribution in [-0.4, -0.2) is 41.8 Å². The maximum Gasteiger partial charge on any atom is 0.0757 e. The Morgan fingerprint density at radius 1 is 1.25 bits per heavy atom. The average Bonchev–Trinajstić information content (AvgIpc) is 2.36. The lowest BCUT2D eigenvalue weighted by Crippen LogP contribution is -2.62. The topological polar surface area (TPSA) is 38.5 Å². The van der Waals surface area contributed by atoms with E-state index in [1.165, 1.54) is 38.5 Å². The van der Waals surface area contributed by atoms with Crippen molar-refractivity contribution in [3.63, 3.8) is 0 Å². The first kappa shape index (κ1) is 17.9. The van der Waals surface area contributed by atoms with Crippen LogP contribution in [0.25, 0.3) is 0 Å². The number of hydrogen-bond acceptors (Lipinski definition) is 3. The monoisotopic (exact) mass is 284 g/mol. The normalized spacial score (nSPS) is 26.4. The Hall–Kier alpha value is -0.120. The van der Waals surface area contributed by atoms with Crippen molar-refractivity contribution in [2.24, 2.45) is 5.73 Å². The summed E-state index contributed by atoms with van der Waals surface area (Å²) in [5.74, 6) is 0. The number of ether oxygens (including phenoxy) is 1. The second-order valence-corrected chi connectivity index (χ2v) is 7.43. The molecule has 120 valence electrons. The molecule has 2 unspecified atom stereocenters. The van der Waals surface area contributed by atoms with Gasteiger partial charge in [-0.25, -0.2) is 0 Å². The van der Waals surface area contributed by atoms with Crippen molar-refractivity contribution in [3.05, 3.63) is 0 Å². The van der Waals surface area contributed by atoms with Gasteiger partial charge in [0.1, 0.15) is 0 Å². The third-order valence-electron chi connectivity index (χ3n) is 4.59. The van der Waals surface area contributed by atoms with E-state index in [4.69, 9.17) is 10.5 Å². The minimum absolute atomic E-state index is 0.0592. The summed E-state index contributed by atoms with van der Waals surface area (Å²) in [6.07, 6.45) is 8.17. The predicted octanol–water partition coefficient (Wildman–Crippen LogP) is 3.56. The third-order valence-corrected chi connectivity index (χ3v) is 4.59. The van der Waals surface area contributed by atoms with Gasteiger partial charge in [0.05, 0.1) is 11.7 Å². The fraction of sp³-hybridized carbons (Fsp3) is 1.00. The number of nitrogens with two attached hydrogens (primary N) is 1. The molecule has 0 aromatic carbocycles. The number of nitrogens with zero attached hydrogens (tertiary/aromatic N) is 1. The SMILES string of the molecule is CCCCCCCC(C)(CN)N1CC(C)OC(C)(C)C1. The fourth-order valence-electron chi connectivity index (χ4n) is 3.36. The Morgan fingerprint density at radius 2 is 1.90 bits per heavy atom. The minimum atomic E-state index is -0.0592. The van der Waals surface area contributed by atoms with Crippen LogP contribution >= 0.6 is 0 Å². The van der Waals surface area contributed by atoms with E-state index in [9.17, 15) is 0 Å². The summed E-state index contributed by atoms with van der Waals surface area (Å²) in [5.41, 5.74) is 6.20. The summed E-state index contributed by atoms with van der Waals surface area (Å²) in [7, 11) is 0. The van der Waals surface area contributed by atoms with E-state index < -0.39 is 0 Å². The molecule has 1 heterocycles. The largest absolute Gasteiger partial charge is 0.370 e. The van der Waals surface area contributed by atoms with E-state index in [1.54, 1.807) is 0 Å². The smallest absolute Gasteiger partial charge is 0.0757 e. The van der Waals surface area contributed by atoms with E-state index >= 15 is 0 Å². The molecular weight excluding hydrogens is 248 g/mol. The van der Waals surface area contributed by atoms with Crippen molar-refractivity contribution in [1.82, 2.24) is 4.90 Å². The van der Waals surface area contributed by atoms with Crippen molar-refractivity contribution in [1.29, 1.82) is 0 Å². The molecule has 3 nitrogen and oxygen atoms in total. The van der Waals surface area contributed by atoms with Crippen molar-refractivity contribution in [3.8, 4) is 0 Å². The molecule has 0 amide bonds. The molecule has 0 radical (unpaired) electrons. The number of hydrogen-bond donors (Lipinski definition) is 1. The highest BCUT2D eigenvalue weighted by atomic mass is 16.5. The zero-order valence-corrected chi connectivity index (χ0v) is 14.4. The molecule has 0 aromatic heterocycles. The lowest BCUT2D eigenvalue weighted by atomic mass is 9.89. The Kier molecular flexibility index (Phi) is 6.96. The Bertz CT molecular complexity index is 280. The first-order valence-corrected chi connectivity index (χ1v) is 8.46. The second kappa shape index (κ2) is 7.77. The average molecular weight is 284 g/mol. The first-order chi connectivity index (χ1) is 9.33. The van der Waals surface area contributed by atoms with Crippen molar-refractivity contribution in [2.45, 2.75) is 90.4 Å². The molecule has 1 aliphatic heterocycles. The Balaban J connectivity index is 2.53. The van der Waals surface area contributed by atoms with Crippen LogP contribution in [0.15, 0.2) is 0 Å². The molecule has 1 aliphatic rings. The van der Waals surface area contributed by atoms with Gasteiger partial charge in [0, 0.05) is 25.2 Å². The molecule has 1 saturated heterocycles. The van der Waals surface area contributed by atoms with E-state index in [1.807, 2.05) is 0 Å². The third kappa shape index (κ3) is 5.34. The quantitative estimate of drug-likeness (QED) is 0.693. The van der Waals surface area contributed by atoms with Crippen molar-refractivity contribution >= 4 is 0 Å². The van der Waals surface area contributed by atoms with Gasteiger partial charge >= 0.3 is 0 Å². The van der Waals surface area contributed by atoms with E-state index in [0.717, 1.165) is 19.6 Å². The minimum Gasteiger partial charge on any atom is -0.370 e. The van der Waals surface area contributed by atoms with Gasteiger partial charge in [0.15, 0.2) is 0 Å². The van der Waals surface area contributed by atoms with Crippen molar-refractivity contribution < 1.29 is 4.74 Å². The summed E-state index contributed by atoms with van der Waals surface area (Å²) in [4.78, 5) is 2.57. The zero-order valence-electron chi connectivity index (χ0n) is 14.4. The van der Waals surface area contributed by atoms with Gasteiger partial charge in [0.25, 0.3) is 0 Å². The molecule has 20 heavy (non-hydrogen) atoms. The maximum absolute atomic E-state index is 6.13. The molecule has 2 atom stereocenters. The van der Waals surface area contributed by atoms with Crippen LogP contribution in [0.2, 0.25) is 0 Å². The molecule has 2 N–H and O–H groups in total. The summed E-state index contributed by atoms with van der Waals surface area (Å²) in [5, 5.41) is 0. The molecule has 1 fully saturated rings. The zero-order chi connectivity index (χ0) is 15.2. The van der Waals surface area contributed by atoms with E-state index in [0.29, 0.717) is 6.10 Å². The van der Waals surface area contributed by atoms with E-state index in [2.05, 4.69) is 39.5 Å². The van der Waals surface area contributed by atoms with Crippen LogP contribution in [0.1, 0.15) is 73.1 Å². The summed E-state index contributed by atoms with van der Waals surface area (Å²) < 4.78 is 6.02. The second-order valence-electron chi connectivity index (χ2n) is 7.43. The van der Waals surface area contributed by atoms with Gasteiger partial charge in [-0.05, 0) is 34.1 Å². The van der Waals surface area contributed by atoms with Crippen molar-refractivity contribution in [2.75, 3.05) is 19.6 Å². The van der Waals surface area contributed by atoms with Gasteiger partial charge < -0.3 is 10.5 Å². The molecule has 0 aromatic rings. The number of rotatable bonds is 8. The molecule has 0 spiro atoms. The standard InChI is InChI=1S/C17H36N2O/c1-6-7-8-9-10-11-17(5,13-18)19-12-15(2)20-16(3,4)14-19/h15H,6-14,18H2,1-5H3. The van der Waals surface area contributed by atoms with Crippen LogP contribution in [0.4, 0.5) is 0 Å². The number of morpholine rings is 1. The van der Waals surface area contributed by atoms with Crippen LogP contribution < -0.4 is 5.73 Å². The first-order valence-electron chi connectivity index (χ1n) is 8.46. The highest BCUT2D eigenvalue weighted by Gasteiger charge is 2.39. The van der Waals surface area contributed by atoms with Gasteiger partial charge in [-0.3, -0.25) is 4.90 Å². The molecule has 0 aliphatic carbocycles. The highest BCUT2D eigenvalue weighted by molar-refractivity contribution is 4.94. The van der Waals surface area contributed by atoms with Crippen LogP contribution in [0.5, 0.6) is 0 Å². The molecular formula is C17H36N2O. The lowest BCUT2D eigenvalue weighted by Gasteiger charge is -2.50. The van der Waals surface area contributed by atoms with Crippen LogP contribution in [-0.2, 0) is 4.74 Å². The fourth-order valence-corrected chi connectivity index (χ4v) is 3.36. The Labute approximate surface area is 126 Å². The summed E-state index contributed by atoms with van der Waals surface area (Å²) in [6.45, 7) is 13.9. The Morgan fingerprint density at radius 3 is 2.45 bits per heavy atom. The van der Waals surface area contributed by atoms with Crippen LogP contribution in [0, 0.1) is 0 Å². The molecule has 0 bridgehead atoms. The maximum atomic E-state index is 6.13. The predicted molar refractivity (Wildman–Crippen MR) is 87.0 cm³/mol. The van der Waals surface area contributed by atoms with Gasteiger partial charge in [-0.2, -0.15) is 0 Å². The molecule has 0 saturated carbocycles. The summed E-state index contributed by atoms with van der Waals surface area (Å²) in [6, 6.07) is 0. The summed E-state index contributed by atoms with van der Waals surface area (Å²) >= 11 is 0. The van der Waals surface area contributed by atoms with Crippen LogP contribution in [0.3, 0.4) is 0 Å². The number of unbranched alkanes of at least 4 members (excludes halogenated alkanes) is 4.